The van der Waals surface area contributed by atoms with Gasteiger partial charge in [-0.2, -0.15) is 27.1 Å². The van der Waals surface area contributed by atoms with Gasteiger partial charge < -0.3 is 0 Å². The maximum absolute atomic E-state index is 12.9. The molecular formula is C10H10BrF5N2O. The second kappa shape index (κ2) is 5.18. The van der Waals surface area contributed by atoms with Crippen LogP contribution in [0.4, 0.5) is 22.0 Å². The molecule has 0 spiro atoms. The maximum Gasteiger partial charge on any atom is 0.461 e. The molecule has 0 fully saturated rings. The molecule has 1 aromatic rings. The highest BCUT2D eigenvalue weighted by Crippen LogP contribution is 2.37. The Labute approximate surface area is 113 Å². The van der Waals surface area contributed by atoms with Crippen LogP contribution in [0.3, 0.4) is 0 Å². The first-order valence-corrected chi connectivity index (χ1v) is 6.01. The van der Waals surface area contributed by atoms with Crippen molar-refractivity contribution in [2.45, 2.75) is 38.9 Å². The van der Waals surface area contributed by atoms with E-state index in [0.29, 0.717) is 5.69 Å². The van der Waals surface area contributed by atoms with Gasteiger partial charge in [-0.15, -0.1) is 0 Å². The van der Waals surface area contributed by atoms with Gasteiger partial charge in [-0.1, -0.05) is 0 Å². The normalized spacial score (nSPS) is 12.8. The molecule has 0 amide bonds. The van der Waals surface area contributed by atoms with Crippen molar-refractivity contribution in [1.29, 1.82) is 0 Å². The van der Waals surface area contributed by atoms with E-state index >= 15 is 0 Å². The van der Waals surface area contributed by atoms with Crippen molar-refractivity contribution < 1.29 is 26.7 Å². The van der Waals surface area contributed by atoms with Crippen LogP contribution in [0.25, 0.3) is 0 Å². The number of aryl methyl sites for hydroxylation is 2. The molecule has 0 aliphatic carbocycles. The summed E-state index contributed by atoms with van der Waals surface area (Å²) >= 11 is 3.03. The summed E-state index contributed by atoms with van der Waals surface area (Å²) in [5, 5.41) is 3.92. The number of alkyl halides is 5. The first-order chi connectivity index (χ1) is 8.52. The molecule has 1 rings (SSSR count). The molecule has 0 saturated carbocycles. The number of halogens is 6. The van der Waals surface area contributed by atoms with Gasteiger partial charge in [0.15, 0.2) is 0 Å². The molecule has 3 nitrogen and oxygen atoms in total. The van der Waals surface area contributed by atoms with Crippen molar-refractivity contribution in [3.63, 3.8) is 0 Å². The van der Waals surface area contributed by atoms with Gasteiger partial charge in [0.1, 0.15) is 0 Å². The molecule has 1 aromatic heterocycles. The third-order valence-corrected chi connectivity index (χ3v) is 3.52. The van der Waals surface area contributed by atoms with Gasteiger partial charge in [0, 0.05) is 6.54 Å². The minimum atomic E-state index is -5.89. The maximum atomic E-state index is 12.9. The molecule has 0 N–H and O–H groups in total. The second-order valence-electron chi connectivity index (χ2n) is 3.83. The molecule has 19 heavy (non-hydrogen) atoms. The highest BCUT2D eigenvalue weighted by molar-refractivity contribution is 9.10. The third kappa shape index (κ3) is 2.96. The number of nitrogens with zero attached hydrogens (tertiary/aromatic N) is 2. The van der Waals surface area contributed by atoms with Gasteiger partial charge in [-0.25, -0.2) is 0 Å². The Balaban J connectivity index is 3.07. The average molecular weight is 349 g/mol. The summed E-state index contributed by atoms with van der Waals surface area (Å²) < 4.78 is 63.4. The second-order valence-corrected chi connectivity index (χ2v) is 4.63. The molecule has 0 bridgehead atoms. The third-order valence-electron chi connectivity index (χ3n) is 2.49. The topological polar surface area (TPSA) is 34.9 Å². The summed E-state index contributed by atoms with van der Waals surface area (Å²) in [6, 6.07) is 0. The summed E-state index contributed by atoms with van der Waals surface area (Å²) in [5.41, 5.74) is 0.425. The first kappa shape index (κ1) is 16.1. The van der Waals surface area contributed by atoms with Crippen LogP contribution in [0, 0.1) is 6.92 Å². The fourth-order valence-corrected chi connectivity index (χ4v) is 1.88. The van der Waals surface area contributed by atoms with Crippen LogP contribution in [-0.2, 0) is 17.8 Å². The summed E-state index contributed by atoms with van der Waals surface area (Å²) in [7, 11) is 0. The van der Waals surface area contributed by atoms with E-state index in [0.717, 1.165) is 0 Å². The Bertz CT molecular complexity index is 495. The van der Waals surface area contributed by atoms with Gasteiger partial charge in [-0.05, 0) is 29.8 Å². The quantitative estimate of drug-likeness (QED) is 0.782. The van der Waals surface area contributed by atoms with Crippen LogP contribution >= 0.6 is 15.9 Å². The number of hydrogen-bond donors (Lipinski definition) is 0. The zero-order valence-corrected chi connectivity index (χ0v) is 11.6. The van der Waals surface area contributed by atoms with Gasteiger partial charge in [0.05, 0.1) is 22.3 Å². The summed E-state index contributed by atoms with van der Waals surface area (Å²) in [6.07, 6.45) is -6.93. The molecule has 0 aliphatic heterocycles. The number of carbonyl (C=O) groups is 1. The molecule has 1 heterocycles. The lowest BCUT2D eigenvalue weighted by Gasteiger charge is -2.18. The Hall–Kier alpha value is -0.990. The highest BCUT2D eigenvalue weighted by atomic mass is 79.9. The van der Waals surface area contributed by atoms with Gasteiger partial charge in [0.2, 0.25) is 5.78 Å². The summed E-state index contributed by atoms with van der Waals surface area (Å²) in [4.78, 5) is 11.2. The van der Waals surface area contributed by atoms with E-state index < -0.39 is 24.3 Å². The Morgan fingerprint density at radius 3 is 2.26 bits per heavy atom. The minimum absolute atomic E-state index is 0.00826. The van der Waals surface area contributed by atoms with E-state index in [2.05, 4.69) is 21.0 Å². The predicted octanol–water partition coefficient (Wildman–Crippen LogP) is 3.28. The molecular weight excluding hydrogens is 339 g/mol. The lowest BCUT2D eigenvalue weighted by molar-refractivity contribution is -0.268. The van der Waals surface area contributed by atoms with Crippen LogP contribution < -0.4 is 0 Å². The number of hydrogen-bond acceptors (Lipinski definition) is 2. The lowest BCUT2D eigenvalue weighted by Crippen LogP contribution is -2.45. The first-order valence-electron chi connectivity index (χ1n) is 5.22. The van der Waals surface area contributed by atoms with Crippen molar-refractivity contribution >= 4 is 21.7 Å². The zero-order chi connectivity index (χ0) is 15.0. The number of Topliss-reactive ketones (excluding diaryl/α,β-unsaturated/α-hetero) is 1. The SMILES string of the molecule is CCn1nc(C)c(Br)c1CC(=O)C(F)(F)C(F)(F)F. The van der Waals surface area contributed by atoms with E-state index in [1.165, 1.54) is 4.68 Å². The van der Waals surface area contributed by atoms with Gasteiger partial charge >= 0.3 is 12.1 Å². The van der Waals surface area contributed by atoms with Crippen LogP contribution in [0.5, 0.6) is 0 Å². The van der Waals surface area contributed by atoms with Crippen molar-refractivity contribution in [1.82, 2.24) is 9.78 Å². The smallest absolute Gasteiger partial charge is 0.292 e. The molecule has 0 aromatic carbocycles. The Kier molecular flexibility index (Phi) is 4.38. The predicted molar refractivity (Wildman–Crippen MR) is 60.1 cm³/mol. The van der Waals surface area contributed by atoms with E-state index in [9.17, 15) is 26.7 Å². The molecule has 108 valence electrons. The van der Waals surface area contributed by atoms with Gasteiger partial charge in [0.25, 0.3) is 0 Å². The van der Waals surface area contributed by atoms with Crippen LogP contribution in [0.2, 0.25) is 0 Å². The largest absolute Gasteiger partial charge is 0.461 e. The van der Waals surface area contributed by atoms with E-state index in [4.69, 9.17) is 0 Å². The number of rotatable bonds is 4. The highest BCUT2D eigenvalue weighted by Gasteiger charge is 2.62. The van der Waals surface area contributed by atoms with E-state index in [1.807, 2.05) is 0 Å². The molecule has 0 atom stereocenters. The monoisotopic (exact) mass is 348 g/mol. The number of carbonyl (C=O) groups excluding carboxylic acids is 1. The average Bonchev–Trinajstić information content (AvgIpc) is 2.55. The summed E-state index contributed by atoms with van der Waals surface area (Å²) in [5.74, 6) is -7.56. The summed E-state index contributed by atoms with van der Waals surface area (Å²) in [6.45, 7) is 3.44. The lowest BCUT2D eigenvalue weighted by atomic mass is 10.1. The van der Waals surface area contributed by atoms with Crippen molar-refractivity contribution in [2.75, 3.05) is 0 Å². The number of aromatic nitrogens is 2. The minimum Gasteiger partial charge on any atom is -0.292 e. The van der Waals surface area contributed by atoms with Crippen LogP contribution in [0.1, 0.15) is 18.3 Å². The van der Waals surface area contributed by atoms with Crippen LogP contribution in [-0.4, -0.2) is 27.7 Å². The molecule has 0 aliphatic rings. The van der Waals surface area contributed by atoms with Crippen molar-refractivity contribution in [3.05, 3.63) is 15.9 Å². The van der Waals surface area contributed by atoms with Crippen molar-refractivity contribution in [2.24, 2.45) is 0 Å². The van der Waals surface area contributed by atoms with Gasteiger partial charge in [-0.3, -0.25) is 9.48 Å². The molecule has 0 saturated heterocycles. The fraction of sp³-hybridized carbons (Fsp3) is 0.600. The number of ketones is 1. The standard InChI is InChI=1S/C10H10BrF5N2O/c1-3-18-6(8(11)5(2)17-18)4-7(19)9(12,13)10(14,15)16/h3-4H2,1-2H3. The Morgan fingerprint density at radius 2 is 1.84 bits per heavy atom. The van der Waals surface area contributed by atoms with Crippen molar-refractivity contribution in [3.8, 4) is 0 Å². The molecule has 0 unspecified atom stereocenters. The van der Waals surface area contributed by atoms with E-state index in [1.54, 1.807) is 13.8 Å². The molecule has 9 heteroatoms. The fourth-order valence-electron chi connectivity index (χ4n) is 1.46. The Morgan fingerprint density at radius 1 is 1.32 bits per heavy atom. The molecule has 0 radical (unpaired) electrons. The zero-order valence-electron chi connectivity index (χ0n) is 9.98. The van der Waals surface area contributed by atoms with E-state index in [-0.39, 0.29) is 16.7 Å². The van der Waals surface area contributed by atoms with Crippen LogP contribution in [0.15, 0.2) is 4.47 Å².